The molecular weight excluding hydrogens is 324 g/mol. The number of piperidine rings is 1. The van der Waals surface area contributed by atoms with Crippen molar-refractivity contribution in [3.8, 4) is 10.8 Å². The summed E-state index contributed by atoms with van der Waals surface area (Å²) in [6.07, 6.45) is 9.14. The molecule has 1 unspecified atom stereocenters. The number of hydrogen-bond donors (Lipinski definition) is 0. The lowest BCUT2D eigenvalue weighted by Crippen LogP contribution is -2.40. The van der Waals surface area contributed by atoms with E-state index in [1.807, 2.05) is 36.4 Å². The van der Waals surface area contributed by atoms with Crippen molar-refractivity contribution in [1.29, 1.82) is 0 Å². The van der Waals surface area contributed by atoms with Crippen molar-refractivity contribution in [2.45, 2.75) is 25.8 Å². The molecule has 124 valence electrons. The zero-order chi connectivity index (χ0) is 16.5. The number of likely N-dealkylation sites (tertiary alicyclic amines) is 1. The van der Waals surface area contributed by atoms with Gasteiger partial charge in [0.15, 0.2) is 10.8 Å². The summed E-state index contributed by atoms with van der Waals surface area (Å²) in [4.78, 5) is 24.0. The molecule has 24 heavy (non-hydrogen) atoms. The summed E-state index contributed by atoms with van der Waals surface area (Å²) < 4.78 is 7.52. The van der Waals surface area contributed by atoms with Gasteiger partial charge < -0.3 is 13.9 Å². The molecule has 0 bridgehead atoms. The van der Waals surface area contributed by atoms with Crippen LogP contribution in [0.25, 0.3) is 10.8 Å². The summed E-state index contributed by atoms with van der Waals surface area (Å²) in [5.41, 5.74) is 0. The molecule has 4 heterocycles. The molecule has 0 saturated carbocycles. The van der Waals surface area contributed by atoms with Crippen LogP contribution in [0.4, 0.5) is 0 Å². The van der Waals surface area contributed by atoms with Gasteiger partial charge in [0.1, 0.15) is 10.7 Å². The maximum absolute atomic E-state index is 12.8. The number of thiazole rings is 1. The molecule has 1 amide bonds. The second-order valence-electron chi connectivity index (χ2n) is 5.94. The van der Waals surface area contributed by atoms with Gasteiger partial charge in [-0.25, -0.2) is 9.97 Å². The van der Waals surface area contributed by atoms with Crippen LogP contribution in [0.3, 0.4) is 0 Å². The van der Waals surface area contributed by atoms with E-state index in [-0.39, 0.29) is 5.91 Å². The monoisotopic (exact) mass is 342 g/mol. The van der Waals surface area contributed by atoms with E-state index >= 15 is 0 Å². The van der Waals surface area contributed by atoms with Crippen LogP contribution in [0.15, 0.2) is 41.4 Å². The lowest BCUT2D eigenvalue weighted by atomic mass is 10.1. The zero-order valence-electron chi connectivity index (χ0n) is 13.4. The lowest BCUT2D eigenvalue weighted by Gasteiger charge is -2.33. The summed E-state index contributed by atoms with van der Waals surface area (Å²) in [7, 11) is 0. The average molecular weight is 342 g/mol. The van der Waals surface area contributed by atoms with Crippen LogP contribution < -0.4 is 0 Å². The molecule has 7 heteroatoms. The quantitative estimate of drug-likeness (QED) is 0.732. The second-order valence-corrected chi connectivity index (χ2v) is 6.97. The van der Waals surface area contributed by atoms with Crippen LogP contribution in [0.2, 0.25) is 0 Å². The Labute approximate surface area is 143 Å². The Hall–Kier alpha value is -2.41. The van der Waals surface area contributed by atoms with Gasteiger partial charge in [-0.15, -0.1) is 11.3 Å². The van der Waals surface area contributed by atoms with Crippen molar-refractivity contribution in [2.75, 3.05) is 13.1 Å². The van der Waals surface area contributed by atoms with Gasteiger partial charge in [0.2, 0.25) is 0 Å². The Morgan fingerprint density at radius 2 is 2.33 bits per heavy atom. The highest BCUT2D eigenvalue weighted by Crippen LogP contribution is 2.28. The third-order valence-electron chi connectivity index (χ3n) is 4.39. The fourth-order valence-corrected chi connectivity index (χ4v) is 4.04. The first-order valence-corrected chi connectivity index (χ1v) is 8.82. The molecular formula is C17H18N4O2S. The number of furan rings is 1. The van der Waals surface area contributed by atoms with Crippen molar-refractivity contribution in [2.24, 2.45) is 0 Å². The second kappa shape index (κ2) is 6.24. The fourth-order valence-electron chi connectivity index (χ4n) is 3.18. The van der Waals surface area contributed by atoms with Crippen molar-refractivity contribution in [1.82, 2.24) is 19.4 Å². The molecule has 0 radical (unpaired) electrons. The number of carbonyl (C=O) groups is 1. The highest BCUT2D eigenvalue weighted by Gasteiger charge is 2.27. The largest absolute Gasteiger partial charge is 0.462 e. The Morgan fingerprint density at radius 1 is 1.42 bits per heavy atom. The minimum atomic E-state index is 0.0489. The standard InChI is InChI=1S/C17H18N4O2S/c1-12-18-6-8-21(12)13-4-2-7-20(11-13)17(22)15-10-19-16(24-15)14-5-3-9-23-14/h3,5-6,8-10,13H,2,4,7,11H2,1H3. The first-order valence-electron chi connectivity index (χ1n) is 8.01. The topological polar surface area (TPSA) is 64.2 Å². The normalized spacial score (nSPS) is 18.0. The van der Waals surface area contributed by atoms with Crippen LogP contribution >= 0.6 is 11.3 Å². The number of amides is 1. The molecule has 0 aliphatic carbocycles. The maximum atomic E-state index is 12.8. The van der Waals surface area contributed by atoms with E-state index in [1.54, 1.807) is 12.5 Å². The van der Waals surface area contributed by atoms with Crippen molar-refractivity contribution >= 4 is 17.2 Å². The van der Waals surface area contributed by atoms with Gasteiger partial charge in [0.25, 0.3) is 5.91 Å². The number of carbonyl (C=O) groups excluding carboxylic acids is 1. The van der Waals surface area contributed by atoms with Crippen LogP contribution in [-0.4, -0.2) is 38.4 Å². The van der Waals surface area contributed by atoms with Gasteiger partial charge in [0.05, 0.1) is 18.5 Å². The molecule has 0 spiro atoms. The molecule has 3 aromatic rings. The molecule has 1 aliphatic rings. The molecule has 6 nitrogen and oxygen atoms in total. The van der Waals surface area contributed by atoms with Crippen molar-refractivity contribution < 1.29 is 9.21 Å². The van der Waals surface area contributed by atoms with Gasteiger partial charge in [-0.1, -0.05) is 0 Å². The molecule has 3 aromatic heterocycles. The van der Waals surface area contributed by atoms with Crippen LogP contribution in [0, 0.1) is 6.92 Å². The summed E-state index contributed by atoms with van der Waals surface area (Å²) in [5, 5.41) is 0.738. The minimum Gasteiger partial charge on any atom is -0.462 e. The Bertz CT molecular complexity index is 837. The van der Waals surface area contributed by atoms with Crippen LogP contribution in [0.1, 0.15) is 34.4 Å². The Morgan fingerprint density at radius 3 is 3.08 bits per heavy atom. The SMILES string of the molecule is Cc1nccn1C1CCCN(C(=O)c2cnc(-c3ccco3)s2)C1. The first kappa shape index (κ1) is 15.1. The van der Waals surface area contributed by atoms with Crippen molar-refractivity contribution in [3.05, 3.63) is 47.7 Å². The van der Waals surface area contributed by atoms with Crippen LogP contribution in [-0.2, 0) is 0 Å². The predicted molar refractivity (Wildman–Crippen MR) is 91.0 cm³/mol. The molecule has 4 rings (SSSR count). The van der Waals surface area contributed by atoms with Gasteiger partial charge in [-0.05, 0) is 31.9 Å². The molecule has 0 aromatic carbocycles. The number of rotatable bonds is 3. The van der Waals surface area contributed by atoms with E-state index < -0.39 is 0 Å². The fraction of sp³-hybridized carbons (Fsp3) is 0.353. The number of nitrogens with zero attached hydrogens (tertiary/aromatic N) is 4. The molecule has 1 fully saturated rings. The summed E-state index contributed by atoms with van der Waals surface area (Å²) in [6, 6.07) is 3.97. The van der Waals surface area contributed by atoms with E-state index in [2.05, 4.69) is 14.5 Å². The van der Waals surface area contributed by atoms with Gasteiger partial charge in [0, 0.05) is 25.5 Å². The number of hydrogen-bond acceptors (Lipinski definition) is 5. The molecule has 0 N–H and O–H groups in total. The van der Waals surface area contributed by atoms with E-state index in [1.165, 1.54) is 11.3 Å². The Kier molecular flexibility index (Phi) is 3.93. The van der Waals surface area contributed by atoms with E-state index in [0.29, 0.717) is 23.2 Å². The predicted octanol–water partition coefficient (Wildman–Crippen LogP) is 3.39. The highest BCUT2D eigenvalue weighted by atomic mass is 32.1. The van der Waals surface area contributed by atoms with E-state index in [9.17, 15) is 4.79 Å². The molecule has 1 aliphatic heterocycles. The van der Waals surface area contributed by atoms with Gasteiger partial charge >= 0.3 is 0 Å². The van der Waals surface area contributed by atoms with Gasteiger partial charge in [-0.2, -0.15) is 0 Å². The number of aryl methyl sites for hydroxylation is 1. The van der Waals surface area contributed by atoms with Crippen LogP contribution in [0.5, 0.6) is 0 Å². The minimum absolute atomic E-state index is 0.0489. The number of aromatic nitrogens is 3. The van der Waals surface area contributed by atoms with E-state index in [4.69, 9.17) is 4.42 Å². The zero-order valence-corrected chi connectivity index (χ0v) is 14.2. The molecule has 1 saturated heterocycles. The number of imidazole rings is 1. The smallest absolute Gasteiger partial charge is 0.265 e. The highest BCUT2D eigenvalue weighted by molar-refractivity contribution is 7.16. The van der Waals surface area contributed by atoms with Gasteiger partial charge in [-0.3, -0.25) is 4.79 Å². The van der Waals surface area contributed by atoms with E-state index in [0.717, 1.165) is 30.2 Å². The lowest BCUT2D eigenvalue weighted by molar-refractivity contribution is 0.0683. The third kappa shape index (κ3) is 2.75. The Balaban J connectivity index is 1.51. The molecule has 1 atom stereocenters. The summed E-state index contributed by atoms with van der Waals surface area (Å²) in [5.74, 6) is 1.74. The first-order chi connectivity index (χ1) is 11.7. The summed E-state index contributed by atoms with van der Waals surface area (Å²) in [6.45, 7) is 3.50. The summed E-state index contributed by atoms with van der Waals surface area (Å²) >= 11 is 1.38. The maximum Gasteiger partial charge on any atom is 0.265 e. The average Bonchev–Trinajstić information content (AvgIpc) is 3.35. The van der Waals surface area contributed by atoms with Crippen molar-refractivity contribution in [3.63, 3.8) is 0 Å². The third-order valence-corrected chi connectivity index (χ3v) is 5.39.